The lowest BCUT2D eigenvalue weighted by Crippen LogP contribution is -2.32. The average molecular weight is 278 g/mol. The molecule has 1 aromatic heterocycles. The van der Waals surface area contributed by atoms with Gasteiger partial charge in [0.25, 0.3) is 0 Å². The minimum atomic E-state index is 0.426. The summed E-state index contributed by atoms with van der Waals surface area (Å²) in [5.74, 6) is 0.888. The molecule has 106 valence electrons. The van der Waals surface area contributed by atoms with E-state index in [-0.39, 0.29) is 0 Å². The Morgan fingerprint density at radius 3 is 2.57 bits per heavy atom. The molecular weight excluding hydrogens is 260 g/mol. The maximum absolute atomic E-state index is 6.04. The second-order valence-corrected chi connectivity index (χ2v) is 4.32. The Bertz CT molecular complexity index is 761. The van der Waals surface area contributed by atoms with Crippen molar-refractivity contribution in [2.75, 3.05) is 11.1 Å². The van der Waals surface area contributed by atoms with E-state index in [2.05, 4.69) is 21.9 Å². The third kappa shape index (κ3) is 3.79. The zero-order valence-electron chi connectivity index (χ0n) is 12.0. The van der Waals surface area contributed by atoms with E-state index in [9.17, 15) is 0 Å². The number of para-hydroxylation sites is 1. The number of aromatic nitrogens is 2. The first-order chi connectivity index (χ1) is 10.2. The van der Waals surface area contributed by atoms with Gasteiger partial charge in [0.15, 0.2) is 0 Å². The standard InChI is InChI=1S/C17H18N4/c1-3-5-12-14-15(9-4-2)20-17(21-16(14)18)19-13-10-7-6-8-11-13/h3-12H,2H2,1H3,(H3,18,19,20,21)/b5-3-,14-12+,15-9+. The largest absolute Gasteiger partial charge is 0.383 e. The van der Waals surface area contributed by atoms with Crippen molar-refractivity contribution in [3.63, 3.8) is 0 Å². The van der Waals surface area contributed by atoms with E-state index in [4.69, 9.17) is 5.73 Å². The van der Waals surface area contributed by atoms with Gasteiger partial charge < -0.3 is 11.1 Å². The first-order valence-corrected chi connectivity index (χ1v) is 6.66. The van der Waals surface area contributed by atoms with Crippen molar-refractivity contribution in [1.82, 2.24) is 9.97 Å². The summed E-state index contributed by atoms with van der Waals surface area (Å²) in [5.41, 5.74) is 6.95. The molecule has 0 fully saturated rings. The molecule has 0 aliphatic carbocycles. The molecule has 0 aliphatic heterocycles. The van der Waals surface area contributed by atoms with Gasteiger partial charge in [0.2, 0.25) is 5.95 Å². The number of hydrogen-bond donors (Lipinski definition) is 2. The van der Waals surface area contributed by atoms with Crippen molar-refractivity contribution >= 4 is 29.6 Å². The number of nitrogens with zero attached hydrogens (tertiary/aromatic N) is 2. The Kier molecular flexibility index (Phi) is 4.88. The highest BCUT2D eigenvalue weighted by Crippen LogP contribution is 2.10. The van der Waals surface area contributed by atoms with Gasteiger partial charge in [-0.1, -0.05) is 43.0 Å². The van der Waals surface area contributed by atoms with Crippen LogP contribution in [0.1, 0.15) is 6.92 Å². The average Bonchev–Trinajstić information content (AvgIpc) is 2.48. The highest BCUT2D eigenvalue weighted by Gasteiger charge is 2.01. The minimum absolute atomic E-state index is 0.426. The van der Waals surface area contributed by atoms with E-state index >= 15 is 0 Å². The molecule has 4 heteroatoms. The maximum Gasteiger partial charge on any atom is 0.229 e. The van der Waals surface area contributed by atoms with Gasteiger partial charge in [-0.2, -0.15) is 4.98 Å². The number of nitrogens with two attached hydrogens (primary N) is 1. The van der Waals surface area contributed by atoms with E-state index < -0.39 is 0 Å². The quantitative estimate of drug-likeness (QED) is 0.899. The molecule has 1 heterocycles. The molecule has 0 saturated heterocycles. The number of benzene rings is 1. The number of rotatable bonds is 4. The molecule has 0 amide bonds. The Morgan fingerprint density at radius 1 is 1.14 bits per heavy atom. The second kappa shape index (κ2) is 7.05. The van der Waals surface area contributed by atoms with Gasteiger partial charge in [-0.15, -0.1) is 0 Å². The Labute approximate surface area is 124 Å². The molecule has 0 spiro atoms. The molecule has 4 nitrogen and oxygen atoms in total. The fourth-order valence-electron chi connectivity index (χ4n) is 1.81. The minimum Gasteiger partial charge on any atom is -0.383 e. The molecule has 3 N–H and O–H groups in total. The number of nitrogens with one attached hydrogen (secondary N) is 1. The van der Waals surface area contributed by atoms with Gasteiger partial charge in [-0.25, -0.2) is 4.98 Å². The first-order valence-electron chi connectivity index (χ1n) is 6.66. The van der Waals surface area contributed by atoms with Crippen LogP contribution in [0.2, 0.25) is 0 Å². The molecule has 0 radical (unpaired) electrons. The van der Waals surface area contributed by atoms with Crippen molar-refractivity contribution in [2.24, 2.45) is 0 Å². The summed E-state index contributed by atoms with van der Waals surface area (Å²) in [5, 5.41) is 4.65. The molecular formula is C17H18N4. The Hall–Kier alpha value is -2.88. The van der Waals surface area contributed by atoms with E-state index in [0.717, 1.165) is 16.3 Å². The Morgan fingerprint density at radius 2 is 1.90 bits per heavy atom. The van der Waals surface area contributed by atoms with Crippen LogP contribution in [0.15, 0.2) is 55.1 Å². The summed E-state index contributed by atoms with van der Waals surface area (Å²) in [4.78, 5) is 8.78. The van der Waals surface area contributed by atoms with Crippen LogP contribution in [-0.2, 0) is 0 Å². The predicted molar refractivity (Wildman–Crippen MR) is 89.4 cm³/mol. The van der Waals surface area contributed by atoms with Crippen molar-refractivity contribution in [1.29, 1.82) is 0 Å². The predicted octanol–water partition coefficient (Wildman–Crippen LogP) is 2.13. The zero-order chi connectivity index (χ0) is 15.1. The lowest BCUT2D eigenvalue weighted by atomic mass is 10.3. The van der Waals surface area contributed by atoms with Crippen LogP contribution < -0.4 is 21.6 Å². The van der Waals surface area contributed by atoms with Gasteiger partial charge >= 0.3 is 0 Å². The SMILES string of the molecule is C=C/C=c1/nc(Nc2ccccc2)nc(N)/c1=C/C=C\C. The summed E-state index contributed by atoms with van der Waals surface area (Å²) < 4.78 is 0. The monoisotopic (exact) mass is 278 g/mol. The van der Waals surface area contributed by atoms with Crippen LogP contribution in [-0.4, -0.2) is 9.97 Å². The lowest BCUT2D eigenvalue weighted by molar-refractivity contribution is 1.11. The molecule has 1 aromatic carbocycles. The van der Waals surface area contributed by atoms with Crippen LogP contribution in [0, 0.1) is 0 Å². The fourth-order valence-corrected chi connectivity index (χ4v) is 1.81. The zero-order valence-corrected chi connectivity index (χ0v) is 12.0. The van der Waals surface area contributed by atoms with Crippen LogP contribution in [0.4, 0.5) is 17.5 Å². The normalized spacial score (nSPS) is 12.8. The van der Waals surface area contributed by atoms with Crippen LogP contribution in [0.5, 0.6) is 0 Å². The van der Waals surface area contributed by atoms with E-state index in [1.54, 1.807) is 6.08 Å². The fraction of sp³-hybridized carbons (Fsp3) is 0.0588. The van der Waals surface area contributed by atoms with Gasteiger partial charge in [0.05, 0.1) is 5.35 Å². The molecule has 21 heavy (non-hydrogen) atoms. The molecule has 0 unspecified atom stereocenters. The van der Waals surface area contributed by atoms with E-state index in [1.807, 2.05) is 61.6 Å². The highest BCUT2D eigenvalue weighted by atomic mass is 15.1. The van der Waals surface area contributed by atoms with Gasteiger partial charge in [-0.3, -0.25) is 0 Å². The highest BCUT2D eigenvalue weighted by molar-refractivity contribution is 5.56. The van der Waals surface area contributed by atoms with Crippen molar-refractivity contribution in [3.05, 3.63) is 65.7 Å². The van der Waals surface area contributed by atoms with Crippen LogP contribution >= 0.6 is 0 Å². The van der Waals surface area contributed by atoms with E-state index in [1.165, 1.54) is 0 Å². The molecule has 0 saturated carbocycles. The molecule has 0 aliphatic rings. The smallest absolute Gasteiger partial charge is 0.229 e. The van der Waals surface area contributed by atoms with Crippen molar-refractivity contribution in [2.45, 2.75) is 6.92 Å². The van der Waals surface area contributed by atoms with Crippen LogP contribution in [0.25, 0.3) is 12.2 Å². The lowest BCUT2D eigenvalue weighted by Gasteiger charge is -2.05. The van der Waals surface area contributed by atoms with Gasteiger partial charge in [0.1, 0.15) is 5.82 Å². The summed E-state index contributed by atoms with van der Waals surface area (Å²) in [6.45, 7) is 5.65. The summed E-state index contributed by atoms with van der Waals surface area (Å²) in [6.07, 6.45) is 9.20. The Balaban J connectivity index is 2.52. The first kappa shape index (κ1) is 14.5. The number of allylic oxidation sites excluding steroid dienone is 3. The number of anilines is 3. The second-order valence-electron chi connectivity index (χ2n) is 4.32. The van der Waals surface area contributed by atoms with Crippen molar-refractivity contribution in [3.8, 4) is 0 Å². The maximum atomic E-state index is 6.04. The van der Waals surface area contributed by atoms with E-state index in [0.29, 0.717) is 11.8 Å². The van der Waals surface area contributed by atoms with Gasteiger partial charge in [0, 0.05) is 10.9 Å². The molecule has 2 aromatic rings. The molecule has 0 bridgehead atoms. The van der Waals surface area contributed by atoms with Crippen molar-refractivity contribution < 1.29 is 0 Å². The van der Waals surface area contributed by atoms with Crippen LogP contribution in [0.3, 0.4) is 0 Å². The third-order valence-electron chi connectivity index (χ3n) is 2.77. The molecule has 2 rings (SSSR count). The molecule has 0 atom stereocenters. The summed E-state index contributed by atoms with van der Waals surface area (Å²) in [6, 6.07) is 9.71. The van der Waals surface area contributed by atoms with Gasteiger partial charge in [-0.05, 0) is 31.2 Å². The number of nitrogen functional groups attached to an aromatic ring is 1. The number of hydrogen-bond acceptors (Lipinski definition) is 4. The summed E-state index contributed by atoms with van der Waals surface area (Å²) >= 11 is 0. The third-order valence-corrected chi connectivity index (χ3v) is 2.77. The topological polar surface area (TPSA) is 63.8 Å². The summed E-state index contributed by atoms with van der Waals surface area (Å²) in [7, 11) is 0.